The number of carbonyl (C=O) groups is 1. The maximum absolute atomic E-state index is 12.7. The highest BCUT2D eigenvalue weighted by molar-refractivity contribution is 5.95. The van der Waals surface area contributed by atoms with E-state index in [2.05, 4.69) is 9.97 Å². The van der Waals surface area contributed by atoms with Gasteiger partial charge in [0.1, 0.15) is 6.10 Å². The molecule has 0 radical (unpaired) electrons. The average molecular weight is 343 g/mol. The molecule has 132 valence electrons. The number of carbonyl (C=O) groups excluding carboxylic acids is 1. The minimum atomic E-state index is -0.0182. The quantitative estimate of drug-likeness (QED) is 0.828. The largest absolute Gasteiger partial charge is 0.493 e. The number of methoxy groups -OCH3 is 2. The van der Waals surface area contributed by atoms with Crippen molar-refractivity contribution >= 4 is 5.91 Å². The van der Waals surface area contributed by atoms with Gasteiger partial charge in [-0.3, -0.25) is 4.79 Å². The Labute approximate surface area is 146 Å². The van der Waals surface area contributed by atoms with E-state index >= 15 is 0 Å². The summed E-state index contributed by atoms with van der Waals surface area (Å²) in [6, 6.07) is 7.34. The van der Waals surface area contributed by atoms with Crippen molar-refractivity contribution in [2.45, 2.75) is 18.9 Å². The minimum absolute atomic E-state index is 0.0182. The molecule has 2 heterocycles. The van der Waals surface area contributed by atoms with Crippen molar-refractivity contribution in [3.63, 3.8) is 0 Å². The van der Waals surface area contributed by atoms with Gasteiger partial charge in [-0.15, -0.1) is 0 Å². The van der Waals surface area contributed by atoms with Crippen LogP contribution in [0.25, 0.3) is 0 Å². The number of amides is 1. The van der Waals surface area contributed by atoms with Gasteiger partial charge in [0.15, 0.2) is 11.5 Å². The van der Waals surface area contributed by atoms with Crippen LogP contribution >= 0.6 is 0 Å². The first kappa shape index (κ1) is 17.0. The molecule has 7 nitrogen and oxygen atoms in total. The lowest BCUT2D eigenvalue weighted by Crippen LogP contribution is -2.41. The fourth-order valence-corrected chi connectivity index (χ4v) is 2.82. The summed E-state index contributed by atoms with van der Waals surface area (Å²) in [6.45, 7) is 1.26. The van der Waals surface area contributed by atoms with Crippen LogP contribution in [0.1, 0.15) is 23.2 Å². The number of rotatable bonds is 5. The van der Waals surface area contributed by atoms with Gasteiger partial charge in [0.05, 0.1) is 14.2 Å². The number of ether oxygens (including phenoxy) is 3. The molecular formula is C18H21N3O4. The molecule has 1 amide bonds. The molecule has 1 aliphatic rings. The van der Waals surface area contributed by atoms with Crippen molar-refractivity contribution in [2.75, 3.05) is 27.3 Å². The van der Waals surface area contributed by atoms with Crippen molar-refractivity contribution in [1.82, 2.24) is 14.9 Å². The molecule has 1 saturated heterocycles. The first-order valence-corrected chi connectivity index (χ1v) is 8.16. The Hall–Kier alpha value is -2.83. The zero-order valence-corrected chi connectivity index (χ0v) is 14.3. The summed E-state index contributed by atoms with van der Waals surface area (Å²) in [5, 5.41) is 0. The molecule has 1 aliphatic heterocycles. The predicted molar refractivity (Wildman–Crippen MR) is 91.1 cm³/mol. The summed E-state index contributed by atoms with van der Waals surface area (Å²) in [4.78, 5) is 22.7. The van der Waals surface area contributed by atoms with Crippen molar-refractivity contribution in [1.29, 1.82) is 0 Å². The number of piperidine rings is 1. The lowest BCUT2D eigenvalue weighted by atomic mass is 10.1. The standard InChI is InChI=1S/C18H21N3O4/c1-23-15-5-4-13(12-16(15)24-2)17(22)21-10-6-14(7-11-21)25-18-19-8-3-9-20-18/h3-5,8-9,12,14H,6-7,10-11H2,1-2H3. The van der Waals surface area contributed by atoms with Crippen molar-refractivity contribution in [3.8, 4) is 17.5 Å². The molecule has 0 aliphatic carbocycles. The lowest BCUT2D eigenvalue weighted by Gasteiger charge is -2.31. The SMILES string of the molecule is COc1ccc(C(=O)N2CCC(Oc3ncccn3)CC2)cc1OC. The molecule has 0 saturated carbocycles. The van der Waals surface area contributed by atoms with E-state index < -0.39 is 0 Å². The molecule has 1 aromatic carbocycles. The molecule has 0 unspecified atom stereocenters. The van der Waals surface area contributed by atoms with Gasteiger partial charge in [-0.1, -0.05) is 0 Å². The molecule has 0 spiro atoms. The van der Waals surface area contributed by atoms with Crippen LogP contribution in [0.2, 0.25) is 0 Å². The smallest absolute Gasteiger partial charge is 0.316 e. The molecule has 7 heteroatoms. The number of hydrogen-bond donors (Lipinski definition) is 0. The third kappa shape index (κ3) is 3.99. The van der Waals surface area contributed by atoms with E-state index in [0.717, 1.165) is 12.8 Å². The summed E-state index contributed by atoms with van der Waals surface area (Å²) < 4.78 is 16.2. The van der Waals surface area contributed by atoms with E-state index in [9.17, 15) is 4.79 Å². The monoisotopic (exact) mass is 343 g/mol. The Kier molecular flexibility index (Phi) is 5.33. The van der Waals surface area contributed by atoms with Crippen LogP contribution < -0.4 is 14.2 Å². The second kappa shape index (κ2) is 7.83. The van der Waals surface area contributed by atoms with Gasteiger partial charge in [0.25, 0.3) is 5.91 Å². The van der Waals surface area contributed by atoms with E-state index in [1.54, 1.807) is 50.9 Å². The second-order valence-electron chi connectivity index (χ2n) is 5.71. The van der Waals surface area contributed by atoms with Gasteiger partial charge < -0.3 is 19.1 Å². The van der Waals surface area contributed by atoms with Crippen molar-refractivity contribution in [3.05, 3.63) is 42.2 Å². The molecule has 0 bridgehead atoms. The number of benzene rings is 1. The van der Waals surface area contributed by atoms with E-state index in [1.807, 2.05) is 4.90 Å². The van der Waals surface area contributed by atoms with Crippen molar-refractivity contribution in [2.24, 2.45) is 0 Å². The highest BCUT2D eigenvalue weighted by Gasteiger charge is 2.25. The highest BCUT2D eigenvalue weighted by Crippen LogP contribution is 2.28. The molecule has 0 N–H and O–H groups in total. The van der Waals surface area contributed by atoms with Gasteiger partial charge >= 0.3 is 6.01 Å². The van der Waals surface area contributed by atoms with Crippen LogP contribution in [0.3, 0.4) is 0 Å². The number of likely N-dealkylation sites (tertiary alicyclic amines) is 1. The third-order valence-corrected chi connectivity index (χ3v) is 4.17. The Morgan fingerprint density at radius 2 is 1.76 bits per heavy atom. The van der Waals surface area contributed by atoms with Gasteiger partial charge in [-0.2, -0.15) is 0 Å². The van der Waals surface area contributed by atoms with Crippen LogP contribution in [-0.2, 0) is 0 Å². The summed E-state index contributed by atoms with van der Waals surface area (Å²) >= 11 is 0. The number of nitrogens with zero attached hydrogens (tertiary/aromatic N) is 3. The summed E-state index contributed by atoms with van der Waals surface area (Å²) in [5.41, 5.74) is 0.586. The van der Waals surface area contributed by atoms with E-state index in [0.29, 0.717) is 36.2 Å². The third-order valence-electron chi connectivity index (χ3n) is 4.17. The van der Waals surface area contributed by atoms with Gasteiger partial charge in [0, 0.05) is 43.9 Å². The zero-order chi connectivity index (χ0) is 17.6. The van der Waals surface area contributed by atoms with Gasteiger partial charge in [-0.05, 0) is 24.3 Å². The molecule has 2 aromatic rings. The minimum Gasteiger partial charge on any atom is -0.493 e. The summed E-state index contributed by atoms with van der Waals surface area (Å²) in [7, 11) is 3.13. The van der Waals surface area contributed by atoms with E-state index in [1.165, 1.54) is 0 Å². The first-order valence-electron chi connectivity index (χ1n) is 8.16. The highest BCUT2D eigenvalue weighted by atomic mass is 16.5. The summed E-state index contributed by atoms with van der Waals surface area (Å²) in [5.74, 6) is 1.14. The van der Waals surface area contributed by atoms with E-state index in [-0.39, 0.29) is 12.0 Å². The van der Waals surface area contributed by atoms with Crippen LogP contribution in [0, 0.1) is 0 Å². The fraction of sp³-hybridized carbons (Fsp3) is 0.389. The maximum atomic E-state index is 12.7. The maximum Gasteiger partial charge on any atom is 0.316 e. The second-order valence-corrected chi connectivity index (χ2v) is 5.71. The van der Waals surface area contributed by atoms with E-state index in [4.69, 9.17) is 14.2 Å². The van der Waals surface area contributed by atoms with Crippen LogP contribution in [-0.4, -0.2) is 54.2 Å². The average Bonchev–Trinajstić information content (AvgIpc) is 2.68. The first-order chi connectivity index (χ1) is 12.2. The molecular weight excluding hydrogens is 322 g/mol. The van der Waals surface area contributed by atoms with Gasteiger partial charge in [-0.25, -0.2) is 9.97 Å². The topological polar surface area (TPSA) is 73.8 Å². The van der Waals surface area contributed by atoms with Gasteiger partial charge in [0.2, 0.25) is 0 Å². The fourth-order valence-electron chi connectivity index (χ4n) is 2.82. The van der Waals surface area contributed by atoms with Crippen LogP contribution in [0.4, 0.5) is 0 Å². The molecule has 25 heavy (non-hydrogen) atoms. The van der Waals surface area contributed by atoms with Crippen LogP contribution in [0.15, 0.2) is 36.7 Å². The van der Waals surface area contributed by atoms with Crippen molar-refractivity contribution < 1.29 is 19.0 Å². The molecule has 1 fully saturated rings. The molecule has 1 aromatic heterocycles. The Bertz CT molecular complexity index is 716. The Balaban J connectivity index is 1.60. The summed E-state index contributed by atoms with van der Waals surface area (Å²) in [6.07, 6.45) is 4.82. The number of hydrogen-bond acceptors (Lipinski definition) is 6. The number of aromatic nitrogens is 2. The predicted octanol–water partition coefficient (Wildman–Crippen LogP) is 2.18. The molecule has 0 atom stereocenters. The lowest BCUT2D eigenvalue weighted by molar-refractivity contribution is 0.0578. The Morgan fingerprint density at radius 1 is 1.08 bits per heavy atom. The normalized spacial score (nSPS) is 14.9. The Morgan fingerprint density at radius 3 is 2.40 bits per heavy atom. The zero-order valence-electron chi connectivity index (χ0n) is 14.3. The molecule has 3 rings (SSSR count). The van der Waals surface area contributed by atoms with Crippen LogP contribution in [0.5, 0.6) is 17.5 Å².